The molecule has 0 spiro atoms. The van der Waals surface area contributed by atoms with E-state index >= 15 is 0 Å². The normalized spacial score (nSPS) is 11.8. The lowest BCUT2D eigenvalue weighted by Gasteiger charge is -1.92. The minimum atomic E-state index is -3.18. The summed E-state index contributed by atoms with van der Waals surface area (Å²) in [6.45, 7) is 0. The van der Waals surface area contributed by atoms with Gasteiger partial charge in [-0.1, -0.05) is 0 Å². The fourth-order valence-electron chi connectivity index (χ4n) is 0.466. The zero-order chi connectivity index (χ0) is 7.78. The van der Waals surface area contributed by atoms with E-state index in [1.54, 1.807) is 0 Å². The quantitative estimate of drug-likeness (QED) is 0.691. The highest BCUT2D eigenvalue weighted by atomic mass is 127. The van der Waals surface area contributed by atoms with Crippen molar-refractivity contribution in [3.05, 3.63) is 16.0 Å². The molecule has 6 heteroatoms. The Morgan fingerprint density at radius 3 is 2.50 bits per heavy atom. The summed E-state index contributed by atoms with van der Waals surface area (Å²) in [6, 6.07) is 0. The summed E-state index contributed by atoms with van der Waals surface area (Å²) in [5.41, 5.74) is 0. The van der Waals surface area contributed by atoms with Gasteiger partial charge in [0.05, 0.1) is 22.2 Å². The highest BCUT2D eigenvalue weighted by molar-refractivity contribution is 14.1. The molecule has 0 aliphatic rings. The lowest BCUT2D eigenvalue weighted by atomic mass is 10.8. The lowest BCUT2D eigenvalue weighted by molar-refractivity contribution is 0.586. The third kappa shape index (κ3) is 1.69. The molecule has 1 aromatic rings. The van der Waals surface area contributed by atoms with Crippen LogP contribution in [0.5, 0.6) is 0 Å². The highest BCUT2D eigenvalue weighted by Crippen LogP contribution is 2.02. The van der Waals surface area contributed by atoms with Gasteiger partial charge >= 0.3 is 0 Å². The molecule has 56 valence electrons. The van der Waals surface area contributed by atoms with E-state index in [2.05, 4.69) is 5.10 Å². The van der Waals surface area contributed by atoms with Crippen LogP contribution in [-0.2, 0) is 10.0 Å². The maximum atomic E-state index is 10.7. The first-order chi connectivity index (χ1) is 4.50. The Morgan fingerprint density at radius 1 is 1.70 bits per heavy atom. The number of hydrogen-bond donors (Lipinski definition) is 0. The van der Waals surface area contributed by atoms with E-state index in [1.807, 2.05) is 22.6 Å². The van der Waals surface area contributed by atoms with Crippen LogP contribution in [0.15, 0.2) is 12.4 Å². The van der Waals surface area contributed by atoms with Crippen LogP contribution in [0.4, 0.5) is 0 Å². The Labute approximate surface area is 72.4 Å². The van der Waals surface area contributed by atoms with E-state index in [-0.39, 0.29) is 0 Å². The van der Waals surface area contributed by atoms with Crippen molar-refractivity contribution in [2.75, 3.05) is 6.26 Å². The fraction of sp³-hybridized carbons (Fsp3) is 0.250. The largest absolute Gasteiger partial charge is 0.250 e. The predicted molar refractivity (Wildman–Crippen MR) is 45.2 cm³/mol. The monoisotopic (exact) mass is 272 g/mol. The molecule has 0 unspecified atom stereocenters. The summed E-state index contributed by atoms with van der Waals surface area (Å²) in [4.78, 5) is 0. The number of aromatic nitrogens is 2. The van der Waals surface area contributed by atoms with Crippen molar-refractivity contribution in [1.82, 2.24) is 9.19 Å². The van der Waals surface area contributed by atoms with Crippen molar-refractivity contribution in [3.63, 3.8) is 0 Å². The molecule has 0 bridgehead atoms. The van der Waals surface area contributed by atoms with Gasteiger partial charge in [-0.2, -0.15) is 9.19 Å². The van der Waals surface area contributed by atoms with Gasteiger partial charge in [-0.15, -0.1) is 0 Å². The van der Waals surface area contributed by atoms with E-state index in [9.17, 15) is 8.42 Å². The molecule has 0 aliphatic carbocycles. The van der Waals surface area contributed by atoms with Gasteiger partial charge in [-0.25, -0.2) is 8.42 Å². The SMILES string of the molecule is CS(=O)(=O)n1cc(I)cn1. The van der Waals surface area contributed by atoms with Gasteiger partial charge in [0.2, 0.25) is 0 Å². The highest BCUT2D eigenvalue weighted by Gasteiger charge is 2.04. The maximum Gasteiger partial charge on any atom is 0.250 e. The zero-order valence-electron chi connectivity index (χ0n) is 5.15. The van der Waals surface area contributed by atoms with Crippen molar-refractivity contribution < 1.29 is 8.42 Å². The Kier molecular flexibility index (Phi) is 1.99. The zero-order valence-corrected chi connectivity index (χ0v) is 8.13. The van der Waals surface area contributed by atoms with Gasteiger partial charge in [-0.3, -0.25) is 0 Å². The van der Waals surface area contributed by atoms with Crippen LogP contribution in [0.2, 0.25) is 0 Å². The summed E-state index contributed by atoms with van der Waals surface area (Å²) in [6.07, 6.45) is 4.05. The van der Waals surface area contributed by atoms with Crippen LogP contribution in [0.1, 0.15) is 0 Å². The van der Waals surface area contributed by atoms with Crippen molar-refractivity contribution >= 4 is 32.6 Å². The van der Waals surface area contributed by atoms with E-state index in [4.69, 9.17) is 0 Å². The molecular weight excluding hydrogens is 267 g/mol. The van der Waals surface area contributed by atoms with Crippen LogP contribution in [0.25, 0.3) is 0 Å². The molecule has 0 radical (unpaired) electrons. The van der Waals surface area contributed by atoms with Crippen LogP contribution in [-0.4, -0.2) is 23.9 Å². The Balaban J connectivity index is 3.21. The molecule has 4 nitrogen and oxygen atoms in total. The molecule has 0 saturated heterocycles. The number of rotatable bonds is 1. The average Bonchev–Trinajstić information content (AvgIpc) is 2.11. The van der Waals surface area contributed by atoms with Crippen LogP contribution >= 0.6 is 22.6 Å². The van der Waals surface area contributed by atoms with Crippen molar-refractivity contribution in [3.8, 4) is 0 Å². The third-order valence-electron chi connectivity index (χ3n) is 0.868. The van der Waals surface area contributed by atoms with Crippen molar-refractivity contribution in [1.29, 1.82) is 0 Å². The van der Waals surface area contributed by atoms with Crippen molar-refractivity contribution in [2.24, 2.45) is 0 Å². The molecule has 1 heterocycles. The second-order valence-electron chi connectivity index (χ2n) is 1.79. The smallest absolute Gasteiger partial charge is 0.205 e. The molecule has 0 amide bonds. The van der Waals surface area contributed by atoms with E-state index in [1.165, 1.54) is 12.4 Å². The molecule has 0 atom stereocenters. The molecule has 10 heavy (non-hydrogen) atoms. The predicted octanol–water partition coefficient (Wildman–Crippen LogP) is 0.295. The van der Waals surface area contributed by atoms with Crippen LogP contribution < -0.4 is 0 Å². The number of halogens is 1. The molecule has 1 rings (SSSR count). The third-order valence-corrected chi connectivity index (χ3v) is 2.30. The topological polar surface area (TPSA) is 52.0 Å². The number of nitrogens with zero attached hydrogens (tertiary/aromatic N) is 2. The summed E-state index contributed by atoms with van der Waals surface area (Å²) >= 11 is 1.99. The first-order valence-electron chi connectivity index (χ1n) is 2.41. The lowest BCUT2D eigenvalue weighted by Crippen LogP contribution is -2.09. The second kappa shape index (κ2) is 2.50. The fourth-order valence-corrected chi connectivity index (χ4v) is 1.57. The van der Waals surface area contributed by atoms with Crippen LogP contribution in [0, 0.1) is 3.57 Å². The molecule has 1 aromatic heterocycles. The maximum absolute atomic E-state index is 10.7. The Morgan fingerprint density at radius 2 is 2.30 bits per heavy atom. The summed E-state index contributed by atoms with van der Waals surface area (Å²) in [7, 11) is -3.18. The summed E-state index contributed by atoms with van der Waals surface area (Å²) in [5.74, 6) is 0. The second-order valence-corrected chi connectivity index (χ2v) is 4.88. The summed E-state index contributed by atoms with van der Waals surface area (Å²) < 4.78 is 23.2. The first-order valence-corrected chi connectivity index (χ1v) is 5.33. The van der Waals surface area contributed by atoms with E-state index in [0.717, 1.165) is 13.9 Å². The molecule has 0 aromatic carbocycles. The van der Waals surface area contributed by atoms with E-state index < -0.39 is 10.0 Å². The van der Waals surface area contributed by atoms with E-state index in [0.29, 0.717) is 0 Å². The molecular formula is C4H5IN2O2S. The first kappa shape index (κ1) is 7.99. The average molecular weight is 272 g/mol. The molecule has 0 N–H and O–H groups in total. The molecule has 0 aliphatic heterocycles. The standard InChI is InChI=1S/C4H5IN2O2S/c1-10(8,9)7-3-4(5)2-6-7/h2-3H,1H3. The van der Waals surface area contributed by atoms with Gasteiger partial charge in [0, 0.05) is 0 Å². The Hall–Kier alpha value is -0.110. The number of hydrogen-bond acceptors (Lipinski definition) is 3. The minimum Gasteiger partial charge on any atom is -0.205 e. The minimum absolute atomic E-state index is 0.808. The van der Waals surface area contributed by atoms with Gasteiger partial charge < -0.3 is 0 Å². The van der Waals surface area contributed by atoms with Gasteiger partial charge in [0.1, 0.15) is 0 Å². The Bertz CT molecular complexity index is 329. The molecule has 0 saturated carbocycles. The summed E-state index contributed by atoms with van der Waals surface area (Å²) in [5, 5.41) is 3.61. The van der Waals surface area contributed by atoms with Gasteiger partial charge in [0.25, 0.3) is 10.0 Å². The van der Waals surface area contributed by atoms with Crippen molar-refractivity contribution in [2.45, 2.75) is 0 Å². The van der Waals surface area contributed by atoms with Crippen LogP contribution in [0.3, 0.4) is 0 Å². The van der Waals surface area contributed by atoms with Gasteiger partial charge in [-0.05, 0) is 22.6 Å². The van der Waals surface area contributed by atoms with Gasteiger partial charge in [0.15, 0.2) is 0 Å². The molecule has 0 fully saturated rings.